The minimum atomic E-state index is -0.396. The van der Waals surface area contributed by atoms with Crippen LogP contribution in [0.15, 0.2) is 0 Å². The number of ether oxygens (including phenoxy) is 1. The summed E-state index contributed by atoms with van der Waals surface area (Å²) >= 11 is 0. The summed E-state index contributed by atoms with van der Waals surface area (Å²) in [6, 6.07) is 0.700. The summed E-state index contributed by atoms with van der Waals surface area (Å²) in [6.07, 6.45) is 6.28. The highest BCUT2D eigenvalue weighted by Gasteiger charge is 2.30. The van der Waals surface area contributed by atoms with Crippen molar-refractivity contribution in [3.05, 3.63) is 0 Å². The number of likely N-dealkylation sites (tertiary alicyclic amines) is 1. The van der Waals surface area contributed by atoms with E-state index in [2.05, 4.69) is 12.2 Å². The number of hydrogen-bond donors (Lipinski definition) is 1. The zero-order valence-electron chi connectivity index (χ0n) is 14.2. The molecule has 1 amide bonds. The van der Waals surface area contributed by atoms with Crippen LogP contribution in [0.3, 0.4) is 0 Å². The molecule has 0 bridgehead atoms. The van der Waals surface area contributed by atoms with Crippen LogP contribution in [0.4, 0.5) is 4.79 Å². The van der Waals surface area contributed by atoms with E-state index in [1.54, 1.807) is 0 Å². The van der Waals surface area contributed by atoms with Gasteiger partial charge in [0, 0.05) is 19.1 Å². The Bertz CT molecular complexity index is 351. The molecule has 0 aromatic carbocycles. The Hall–Kier alpha value is -0.770. The molecule has 3 atom stereocenters. The van der Waals surface area contributed by atoms with Gasteiger partial charge in [-0.25, -0.2) is 4.79 Å². The lowest BCUT2D eigenvalue weighted by Gasteiger charge is -2.24. The van der Waals surface area contributed by atoms with Crippen molar-refractivity contribution < 1.29 is 9.53 Å². The van der Waals surface area contributed by atoms with Gasteiger partial charge in [-0.2, -0.15) is 0 Å². The van der Waals surface area contributed by atoms with E-state index >= 15 is 0 Å². The largest absolute Gasteiger partial charge is 0.444 e. The van der Waals surface area contributed by atoms with Crippen LogP contribution in [-0.4, -0.2) is 42.3 Å². The van der Waals surface area contributed by atoms with E-state index in [0.717, 1.165) is 32.0 Å². The van der Waals surface area contributed by atoms with Crippen LogP contribution in [-0.2, 0) is 4.74 Å². The second-order valence-electron chi connectivity index (χ2n) is 7.77. The van der Waals surface area contributed by atoms with Gasteiger partial charge >= 0.3 is 6.09 Å². The minimum Gasteiger partial charge on any atom is -0.444 e. The molecule has 2 fully saturated rings. The number of nitrogens with zero attached hydrogens (tertiary/aromatic N) is 1. The summed E-state index contributed by atoms with van der Waals surface area (Å²) in [4.78, 5) is 13.9. The molecule has 0 aromatic rings. The van der Waals surface area contributed by atoms with E-state index in [1.807, 2.05) is 25.7 Å². The number of hydrogen-bond acceptors (Lipinski definition) is 3. The zero-order chi connectivity index (χ0) is 15.5. The van der Waals surface area contributed by atoms with Gasteiger partial charge in [0.05, 0.1) is 0 Å². The Morgan fingerprint density at radius 1 is 1.24 bits per heavy atom. The van der Waals surface area contributed by atoms with E-state index in [0.29, 0.717) is 12.0 Å². The molecule has 1 aliphatic heterocycles. The van der Waals surface area contributed by atoms with Crippen LogP contribution in [0.5, 0.6) is 0 Å². The fourth-order valence-corrected chi connectivity index (χ4v) is 3.46. The Morgan fingerprint density at radius 2 is 2.00 bits per heavy atom. The highest BCUT2D eigenvalue weighted by molar-refractivity contribution is 5.68. The van der Waals surface area contributed by atoms with E-state index in [1.165, 1.54) is 25.7 Å². The highest BCUT2D eigenvalue weighted by Crippen LogP contribution is 2.28. The summed E-state index contributed by atoms with van der Waals surface area (Å²) in [5, 5.41) is 3.72. The third-order valence-electron chi connectivity index (χ3n) is 4.75. The van der Waals surface area contributed by atoms with Crippen molar-refractivity contribution >= 4 is 6.09 Å². The maximum Gasteiger partial charge on any atom is 0.410 e. The summed E-state index contributed by atoms with van der Waals surface area (Å²) < 4.78 is 5.44. The zero-order valence-corrected chi connectivity index (χ0v) is 14.2. The molecule has 0 spiro atoms. The third-order valence-corrected chi connectivity index (χ3v) is 4.75. The monoisotopic (exact) mass is 296 g/mol. The van der Waals surface area contributed by atoms with E-state index < -0.39 is 5.60 Å². The van der Waals surface area contributed by atoms with Gasteiger partial charge in [0.15, 0.2) is 0 Å². The maximum absolute atomic E-state index is 12.0. The Labute approximate surface area is 129 Å². The molecule has 2 aliphatic rings. The van der Waals surface area contributed by atoms with E-state index in [9.17, 15) is 4.79 Å². The van der Waals surface area contributed by atoms with Gasteiger partial charge in [-0.05, 0) is 64.8 Å². The van der Waals surface area contributed by atoms with Crippen LogP contribution in [0.25, 0.3) is 0 Å². The third kappa shape index (κ3) is 5.17. The molecule has 2 rings (SSSR count). The van der Waals surface area contributed by atoms with Crippen LogP contribution in [0.1, 0.15) is 59.8 Å². The molecule has 1 saturated heterocycles. The van der Waals surface area contributed by atoms with Gasteiger partial charge < -0.3 is 15.0 Å². The molecule has 1 aliphatic carbocycles. The van der Waals surface area contributed by atoms with Crippen molar-refractivity contribution in [2.75, 3.05) is 19.6 Å². The summed E-state index contributed by atoms with van der Waals surface area (Å²) in [5.74, 6) is 1.50. The normalized spacial score (nSPS) is 29.9. The van der Waals surface area contributed by atoms with Crippen molar-refractivity contribution in [2.24, 2.45) is 11.8 Å². The van der Waals surface area contributed by atoms with Gasteiger partial charge in [-0.15, -0.1) is 0 Å². The number of carbonyl (C=O) groups is 1. The lowest BCUT2D eigenvalue weighted by Crippen LogP contribution is -2.37. The lowest BCUT2D eigenvalue weighted by molar-refractivity contribution is 0.0288. The Balaban J connectivity index is 1.67. The smallest absolute Gasteiger partial charge is 0.410 e. The molecule has 4 nitrogen and oxygen atoms in total. The predicted molar refractivity (Wildman–Crippen MR) is 85.3 cm³/mol. The standard InChI is InChI=1S/C17H32N2O2/c1-5-13-6-7-15(10-13)18-11-14-8-9-19(12-14)16(20)21-17(2,3)4/h13-15,18H,5-12H2,1-4H3. The Kier molecular flexibility index (Phi) is 5.53. The summed E-state index contributed by atoms with van der Waals surface area (Å²) in [6.45, 7) is 10.8. The summed E-state index contributed by atoms with van der Waals surface area (Å²) in [5.41, 5.74) is -0.396. The van der Waals surface area contributed by atoms with Crippen molar-refractivity contribution in [1.29, 1.82) is 0 Å². The second-order valence-corrected chi connectivity index (χ2v) is 7.77. The van der Waals surface area contributed by atoms with Gasteiger partial charge in [0.1, 0.15) is 5.60 Å². The number of amides is 1. The second kappa shape index (κ2) is 6.99. The highest BCUT2D eigenvalue weighted by atomic mass is 16.6. The molecule has 1 heterocycles. The molecule has 0 aromatic heterocycles. The quantitative estimate of drug-likeness (QED) is 0.864. The van der Waals surface area contributed by atoms with Gasteiger partial charge in [0.2, 0.25) is 0 Å². The Morgan fingerprint density at radius 3 is 2.62 bits per heavy atom. The predicted octanol–water partition coefficient (Wildman–Crippen LogP) is 3.41. The molecule has 122 valence electrons. The number of rotatable bonds is 4. The van der Waals surface area contributed by atoms with Gasteiger partial charge in [0.25, 0.3) is 0 Å². The number of carbonyl (C=O) groups excluding carboxylic acids is 1. The molecule has 4 heteroatoms. The van der Waals surface area contributed by atoms with Crippen molar-refractivity contribution in [2.45, 2.75) is 71.4 Å². The van der Waals surface area contributed by atoms with Crippen LogP contribution in [0.2, 0.25) is 0 Å². The average Bonchev–Trinajstić information content (AvgIpc) is 3.03. The first-order valence-corrected chi connectivity index (χ1v) is 8.58. The van der Waals surface area contributed by atoms with E-state index in [-0.39, 0.29) is 6.09 Å². The molecular weight excluding hydrogens is 264 g/mol. The SMILES string of the molecule is CCC1CCC(NCC2CCN(C(=O)OC(C)(C)C)C2)C1. The molecule has 1 N–H and O–H groups in total. The first-order valence-electron chi connectivity index (χ1n) is 8.58. The molecule has 1 saturated carbocycles. The van der Waals surface area contributed by atoms with E-state index in [4.69, 9.17) is 4.74 Å². The van der Waals surface area contributed by atoms with Crippen LogP contribution >= 0.6 is 0 Å². The molecule has 21 heavy (non-hydrogen) atoms. The first kappa shape index (κ1) is 16.6. The fourth-order valence-electron chi connectivity index (χ4n) is 3.46. The molecular formula is C17H32N2O2. The number of nitrogens with one attached hydrogen (secondary N) is 1. The van der Waals surface area contributed by atoms with Gasteiger partial charge in [-0.3, -0.25) is 0 Å². The van der Waals surface area contributed by atoms with Crippen LogP contribution < -0.4 is 5.32 Å². The van der Waals surface area contributed by atoms with Crippen molar-refractivity contribution in [3.63, 3.8) is 0 Å². The van der Waals surface area contributed by atoms with Crippen LogP contribution in [0, 0.1) is 11.8 Å². The first-order chi connectivity index (χ1) is 9.87. The maximum atomic E-state index is 12.0. The fraction of sp³-hybridized carbons (Fsp3) is 0.941. The molecule has 0 radical (unpaired) electrons. The molecule has 3 unspecified atom stereocenters. The summed E-state index contributed by atoms with van der Waals surface area (Å²) in [7, 11) is 0. The van der Waals surface area contributed by atoms with Crippen molar-refractivity contribution in [1.82, 2.24) is 10.2 Å². The van der Waals surface area contributed by atoms with Gasteiger partial charge in [-0.1, -0.05) is 13.3 Å². The average molecular weight is 296 g/mol. The minimum absolute atomic E-state index is 0.156. The van der Waals surface area contributed by atoms with Crippen molar-refractivity contribution in [3.8, 4) is 0 Å². The topological polar surface area (TPSA) is 41.6 Å². The lowest BCUT2D eigenvalue weighted by atomic mass is 10.1.